The van der Waals surface area contributed by atoms with Gasteiger partial charge in [-0.05, 0) is 57.4 Å². The maximum atomic E-state index is 5.59. The van der Waals surface area contributed by atoms with Gasteiger partial charge in [-0.3, -0.25) is 0 Å². The molecule has 1 aromatic rings. The quantitative estimate of drug-likeness (QED) is 0.698. The number of benzene rings is 1. The van der Waals surface area contributed by atoms with Crippen LogP contribution in [-0.4, -0.2) is 26.9 Å². The van der Waals surface area contributed by atoms with Crippen LogP contribution in [-0.2, 0) is 4.74 Å². The molecule has 1 unspecified atom stereocenters. The van der Waals surface area contributed by atoms with E-state index >= 15 is 0 Å². The summed E-state index contributed by atoms with van der Waals surface area (Å²) in [4.78, 5) is 0. The van der Waals surface area contributed by atoms with Crippen LogP contribution in [0.5, 0.6) is 5.75 Å². The van der Waals surface area contributed by atoms with E-state index in [9.17, 15) is 0 Å². The van der Waals surface area contributed by atoms with Crippen LogP contribution in [0.1, 0.15) is 49.4 Å². The Bertz CT molecular complexity index is 404. The number of hydrogen-bond donors (Lipinski definition) is 1. The van der Waals surface area contributed by atoms with Crippen molar-refractivity contribution < 1.29 is 9.47 Å². The zero-order valence-electron chi connectivity index (χ0n) is 13.6. The smallest absolute Gasteiger partial charge is 0.124 e. The molecule has 20 heavy (non-hydrogen) atoms. The van der Waals surface area contributed by atoms with Gasteiger partial charge in [0.1, 0.15) is 5.75 Å². The van der Waals surface area contributed by atoms with Crippen molar-refractivity contribution in [1.82, 2.24) is 5.32 Å². The van der Waals surface area contributed by atoms with E-state index in [2.05, 4.69) is 38.2 Å². The topological polar surface area (TPSA) is 30.5 Å². The van der Waals surface area contributed by atoms with Crippen molar-refractivity contribution in [1.29, 1.82) is 0 Å². The number of rotatable bonds is 9. The average Bonchev–Trinajstić information content (AvgIpc) is 2.42. The molecule has 0 fully saturated rings. The number of methoxy groups -OCH3 is 1. The van der Waals surface area contributed by atoms with Gasteiger partial charge in [0, 0.05) is 24.8 Å². The molecule has 0 aliphatic heterocycles. The summed E-state index contributed by atoms with van der Waals surface area (Å²) in [5.74, 6) is 0.991. The van der Waals surface area contributed by atoms with Gasteiger partial charge in [0.25, 0.3) is 0 Å². The summed E-state index contributed by atoms with van der Waals surface area (Å²) >= 11 is 0. The Balaban J connectivity index is 2.89. The summed E-state index contributed by atoms with van der Waals surface area (Å²) in [5.41, 5.74) is 3.83. The van der Waals surface area contributed by atoms with Gasteiger partial charge in [0.15, 0.2) is 0 Å². The number of nitrogens with one attached hydrogen (secondary N) is 1. The second-order valence-corrected chi connectivity index (χ2v) is 5.15. The molecule has 0 saturated carbocycles. The molecule has 0 heterocycles. The highest BCUT2D eigenvalue weighted by Crippen LogP contribution is 2.32. The summed E-state index contributed by atoms with van der Waals surface area (Å²) in [6, 6.07) is 4.68. The fourth-order valence-corrected chi connectivity index (χ4v) is 2.68. The van der Waals surface area contributed by atoms with Crippen LogP contribution in [0.25, 0.3) is 0 Å². The van der Waals surface area contributed by atoms with Crippen molar-refractivity contribution in [2.45, 2.75) is 46.6 Å². The van der Waals surface area contributed by atoms with Crippen LogP contribution in [0.15, 0.2) is 12.1 Å². The molecule has 0 radical (unpaired) electrons. The van der Waals surface area contributed by atoms with Crippen molar-refractivity contribution in [3.63, 3.8) is 0 Å². The number of ether oxygens (including phenoxy) is 2. The third kappa shape index (κ3) is 4.80. The molecular formula is C17H29NO2. The SMILES string of the molecule is CCNC(CCCOCC)c1c(C)cc(C)cc1OC. The van der Waals surface area contributed by atoms with Crippen LogP contribution >= 0.6 is 0 Å². The Morgan fingerprint density at radius 2 is 1.95 bits per heavy atom. The van der Waals surface area contributed by atoms with Crippen molar-refractivity contribution in [2.75, 3.05) is 26.9 Å². The molecule has 0 amide bonds. The molecule has 0 aliphatic carbocycles. The van der Waals surface area contributed by atoms with E-state index in [-0.39, 0.29) is 0 Å². The molecule has 0 bridgehead atoms. The Kier molecular flexibility index (Phi) is 7.63. The fourth-order valence-electron chi connectivity index (χ4n) is 2.68. The standard InChI is InChI=1S/C17H29NO2/c1-6-18-15(9-8-10-20-7-2)17-14(4)11-13(3)12-16(17)19-5/h11-12,15,18H,6-10H2,1-5H3. The van der Waals surface area contributed by atoms with Crippen molar-refractivity contribution >= 4 is 0 Å². The third-order valence-electron chi connectivity index (χ3n) is 3.50. The first kappa shape index (κ1) is 17.0. The van der Waals surface area contributed by atoms with Gasteiger partial charge in [-0.15, -0.1) is 0 Å². The Labute approximate surface area is 123 Å². The predicted octanol–water partition coefficient (Wildman–Crippen LogP) is 3.78. The number of hydrogen-bond acceptors (Lipinski definition) is 3. The highest BCUT2D eigenvalue weighted by molar-refractivity contribution is 5.45. The highest BCUT2D eigenvalue weighted by Gasteiger charge is 2.18. The summed E-state index contributed by atoms with van der Waals surface area (Å²) in [6.07, 6.45) is 2.12. The third-order valence-corrected chi connectivity index (χ3v) is 3.50. The molecule has 1 N–H and O–H groups in total. The molecule has 3 heteroatoms. The van der Waals surface area contributed by atoms with Crippen molar-refractivity contribution in [3.8, 4) is 5.75 Å². The van der Waals surface area contributed by atoms with E-state index in [0.717, 1.165) is 38.3 Å². The maximum Gasteiger partial charge on any atom is 0.124 e. The molecule has 0 aliphatic rings. The molecule has 3 nitrogen and oxygen atoms in total. The first-order valence-electron chi connectivity index (χ1n) is 7.60. The summed E-state index contributed by atoms with van der Waals surface area (Å²) in [7, 11) is 1.75. The normalized spacial score (nSPS) is 12.4. The second kappa shape index (κ2) is 8.98. The molecular weight excluding hydrogens is 250 g/mol. The first-order chi connectivity index (χ1) is 9.63. The molecule has 0 saturated heterocycles. The predicted molar refractivity (Wildman–Crippen MR) is 84.6 cm³/mol. The first-order valence-corrected chi connectivity index (χ1v) is 7.60. The second-order valence-electron chi connectivity index (χ2n) is 5.15. The van der Waals surface area contributed by atoms with Crippen LogP contribution in [0.4, 0.5) is 0 Å². The summed E-state index contributed by atoms with van der Waals surface area (Å²) in [5, 5.41) is 3.58. The van der Waals surface area contributed by atoms with Gasteiger partial charge in [-0.25, -0.2) is 0 Å². The Morgan fingerprint density at radius 1 is 1.20 bits per heavy atom. The number of aryl methyl sites for hydroxylation is 2. The highest BCUT2D eigenvalue weighted by atomic mass is 16.5. The molecule has 1 rings (SSSR count). The van der Waals surface area contributed by atoms with Crippen LogP contribution in [0.2, 0.25) is 0 Å². The Hall–Kier alpha value is -1.06. The lowest BCUT2D eigenvalue weighted by atomic mass is 9.94. The lowest BCUT2D eigenvalue weighted by molar-refractivity contribution is 0.140. The van der Waals surface area contributed by atoms with Gasteiger partial charge in [-0.2, -0.15) is 0 Å². The zero-order valence-corrected chi connectivity index (χ0v) is 13.6. The summed E-state index contributed by atoms with van der Waals surface area (Å²) in [6.45, 7) is 11.0. The van der Waals surface area contributed by atoms with Gasteiger partial charge >= 0.3 is 0 Å². The molecule has 114 valence electrons. The van der Waals surface area contributed by atoms with E-state index in [1.54, 1.807) is 7.11 Å². The largest absolute Gasteiger partial charge is 0.496 e. The molecule has 0 spiro atoms. The van der Waals surface area contributed by atoms with Crippen LogP contribution in [0, 0.1) is 13.8 Å². The monoisotopic (exact) mass is 279 g/mol. The van der Waals surface area contributed by atoms with Crippen LogP contribution < -0.4 is 10.1 Å². The van der Waals surface area contributed by atoms with E-state index in [1.807, 2.05) is 6.92 Å². The fraction of sp³-hybridized carbons (Fsp3) is 0.647. The van der Waals surface area contributed by atoms with E-state index in [0.29, 0.717) is 6.04 Å². The zero-order chi connectivity index (χ0) is 15.0. The molecule has 1 aromatic carbocycles. The van der Waals surface area contributed by atoms with Gasteiger partial charge < -0.3 is 14.8 Å². The lowest BCUT2D eigenvalue weighted by Gasteiger charge is -2.23. The molecule has 0 aromatic heterocycles. The maximum absolute atomic E-state index is 5.59. The van der Waals surface area contributed by atoms with Gasteiger partial charge in [0.05, 0.1) is 7.11 Å². The van der Waals surface area contributed by atoms with Gasteiger partial charge in [0.2, 0.25) is 0 Å². The minimum absolute atomic E-state index is 0.330. The van der Waals surface area contributed by atoms with E-state index in [1.165, 1.54) is 16.7 Å². The van der Waals surface area contributed by atoms with E-state index in [4.69, 9.17) is 9.47 Å². The lowest BCUT2D eigenvalue weighted by Crippen LogP contribution is -2.23. The minimum atomic E-state index is 0.330. The van der Waals surface area contributed by atoms with Gasteiger partial charge in [-0.1, -0.05) is 13.0 Å². The average molecular weight is 279 g/mol. The van der Waals surface area contributed by atoms with E-state index < -0.39 is 0 Å². The minimum Gasteiger partial charge on any atom is -0.496 e. The van der Waals surface area contributed by atoms with Crippen molar-refractivity contribution in [3.05, 3.63) is 28.8 Å². The van der Waals surface area contributed by atoms with Crippen molar-refractivity contribution in [2.24, 2.45) is 0 Å². The summed E-state index contributed by atoms with van der Waals surface area (Å²) < 4.78 is 11.0. The molecule has 1 atom stereocenters. The van der Waals surface area contributed by atoms with Crippen LogP contribution in [0.3, 0.4) is 0 Å². The Morgan fingerprint density at radius 3 is 2.55 bits per heavy atom.